The van der Waals surface area contributed by atoms with Crippen molar-refractivity contribution in [1.82, 2.24) is 5.43 Å². The summed E-state index contributed by atoms with van der Waals surface area (Å²) >= 11 is 5.86. The molecule has 0 aliphatic carbocycles. The second-order valence-corrected chi connectivity index (χ2v) is 7.01. The number of anilines is 1. The quantitative estimate of drug-likeness (QED) is 0.292. The number of carbonyl (C=O) groups excluding carboxylic acids is 2. The predicted molar refractivity (Wildman–Crippen MR) is 111 cm³/mol. The van der Waals surface area contributed by atoms with Crippen molar-refractivity contribution in [2.45, 2.75) is 6.92 Å². The molecule has 0 unspecified atom stereocenters. The van der Waals surface area contributed by atoms with Crippen LogP contribution in [0.1, 0.15) is 11.3 Å². The van der Waals surface area contributed by atoms with E-state index >= 15 is 0 Å². The molecule has 1 aromatic heterocycles. The molecule has 150 valence electrons. The number of hydrogen-bond acceptors (Lipinski definition) is 5. The van der Waals surface area contributed by atoms with Crippen molar-refractivity contribution >= 4 is 40.9 Å². The minimum absolute atomic E-state index is 0.0594. The average molecular weight is 424 g/mol. The number of carbonyl (C=O) groups is 2. The van der Waals surface area contributed by atoms with Crippen molar-refractivity contribution in [2.75, 3.05) is 5.01 Å². The van der Waals surface area contributed by atoms with Gasteiger partial charge in [-0.3, -0.25) is 25.1 Å². The Hall–Kier alpha value is -3.91. The lowest BCUT2D eigenvalue weighted by molar-refractivity contribution is -0.384. The van der Waals surface area contributed by atoms with E-state index in [-0.39, 0.29) is 17.0 Å². The molecule has 0 saturated carbocycles. The summed E-state index contributed by atoms with van der Waals surface area (Å²) in [5, 5.41) is 12.7. The van der Waals surface area contributed by atoms with E-state index in [1.54, 1.807) is 49.4 Å². The molecule has 30 heavy (non-hydrogen) atoms. The van der Waals surface area contributed by atoms with Crippen LogP contribution in [0.3, 0.4) is 0 Å². The number of nitrogens with one attached hydrogen (secondary N) is 1. The van der Waals surface area contributed by atoms with E-state index in [1.165, 1.54) is 18.2 Å². The summed E-state index contributed by atoms with van der Waals surface area (Å²) in [5.74, 6) is -0.443. The van der Waals surface area contributed by atoms with Gasteiger partial charge in [-0.25, -0.2) is 5.01 Å². The fraction of sp³-hybridized carbons (Fsp3) is 0.0476. The largest absolute Gasteiger partial charge is 0.457 e. The average Bonchev–Trinajstić information content (AvgIpc) is 3.29. The molecule has 0 atom stereocenters. The number of amides is 2. The normalized spacial score (nSPS) is 15.0. The molecule has 2 amide bonds. The minimum Gasteiger partial charge on any atom is -0.457 e. The van der Waals surface area contributed by atoms with Crippen LogP contribution in [-0.4, -0.2) is 16.7 Å². The van der Waals surface area contributed by atoms with Crippen LogP contribution in [0.15, 0.2) is 64.6 Å². The van der Waals surface area contributed by atoms with Gasteiger partial charge in [0.1, 0.15) is 17.1 Å². The Balaban J connectivity index is 1.64. The van der Waals surface area contributed by atoms with E-state index in [0.29, 0.717) is 22.0 Å². The van der Waals surface area contributed by atoms with Gasteiger partial charge < -0.3 is 4.42 Å². The van der Waals surface area contributed by atoms with Gasteiger partial charge in [0.15, 0.2) is 0 Å². The van der Waals surface area contributed by atoms with Crippen LogP contribution in [0, 0.1) is 17.0 Å². The number of nitrogens with zero attached hydrogens (tertiary/aromatic N) is 2. The van der Waals surface area contributed by atoms with E-state index in [1.807, 2.05) is 0 Å². The maximum absolute atomic E-state index is 12.7. The van der Waals surface area contributed by atoms with Crippen LogP contribution >= 0.6 is 11.6 Å². The third-order valence-corrected chi connectivity index (χ3v) is 4.84. The summed E-state index contributed by atoms with van der Waals surface area (Å²) in [5.41, 5.74) is 4.15. The zero-order valence-electron chi connectivity index (χ0n) is 15.6. The number of hydrogen-bond donors (Lipinski definition) is 1. The van der Waals surface area contributed by atoms with Crippen molar-refractivity contribution in [3.63, 3.8) is 0 Å². The van der Waals surface area contributed by atoms with Gasteiger partial charge >= 0.3 is 0 Å². The molecule has 1 aliphatic heterocycles. The summed E-state index contributed by atoms with van der Waals surface area (Å²) in [6, 6.07) is 14.1. The molecule has 2 heterocycles. The van der Waals surface area contributed by atoms with Gasteiger partial charge in [-0.15, -0.1) is 0 Å². The molecular weight excluding hydrogens is 410 g/mol. The number of benzene rings is 2. The van der Waals surface area contributed by atoms with Crippen molar-refractivity contribution in [3.8, 4) is 11.3 Å². The number of rotatable bonds is 4. The molecule has 9 heteroatoms. The zero-order chi connectivity index (χ0) is 21.4. The highest BCUT2D eigenvalue weighted by Crippen LogP contribution is 2.30. The third-order valence-electron chi connectivity index (χ3n) is 4.59. The summed E-state index contributed by atoms with van der Waals surface area (Å²) in [7, 11) is 0. The lowest BCUT2D eigenvalue weighted by Gasteiger charge is -2.14. The van der Waals surface area contributed by atoms with Crippen LogP contribution < -0.4 is 10.4 Å². The van der Waals surface area contributed by atoms with Gasteiger partial charge in [0.25, 0.3) is 17.5 Å². The van der Waals surface area contributed by atoms with Gasteiger partial charge in [0, 0.05) is 22.7 Å². The van der Waals surface area contributed by atoms with Crippen LogP contribution in [0.25, 0.3) is 17.4 Å². The standard InChI is InChI=1S/C21H14ClN3O5/c1-12-2-5-15(25(28)29)10-17(12)19-9-8-16(30-19)11-18-20(26)23-24(21(18)27)14-6-3-13(22)4-7-14/h2-11H,1H3,(H,23,26). The lowest BCUT2D eigenvalue weighted by atomic mass is 10.1. The highest BCUT2D eigenvalue weighted by atomic mass is 35.5. The first kappa shape index (κ1) is 19.4. The monoisotopic (exact) mass is 423 g/mol. The SMILES string of the molecule is Cc1ccc([N+](=O)[O-])cc1-c1ccc(C=C2C(=O)NN(c3ccc(Cl)cc3)C2=O)o1. The molecule has 0 bridgehead atoms. The summed E-state index contributed by atoms with van der Waals surface area (Å²) in [4.78, 5) is 35.5. The van der Waals surface area contributed by atoms with Gasteiger partial charge in [-0.05, 0) is 55.0 Å². The van der Waals surface area contributed by atoms with E-state index in [4.69, 9.17) is 16.0 Å². The number of halogens is 1. The van der Waals surface area contributed by atoms with Crippen molar-refractivity contribution in [2.24, 2.45) is 0 Å². The summed E-state index contributed by atoms with van der Waals surface area (Å²) in [6.45, 7) is 1.80. The maximum Gasteiger partial charge on any atom is 0.282 e. The summed E-state index contributed by atoms with van der Waals surface area (Å²) in [6.07, 6.45) is 1.34. The smallest absolute Gasteiger partial charge is 0.282 e. The molecule has 1 fully saturated rings. The van der Waals surface area contributed by atoms with E-state index in [9.17, 15) is 19.7 Å². The molecule has 0 radical (unpaired) electrons. The van der Waals surface area contributed by atoms with Crippen molar-refractivity contribution in [1.29, 1.82) is 0 Å². The maximum atomic E-state index is 12.7. The third kappa shape index (κ3) is 3.56. The van der Waals surface area contributed by atoms with Gasteiger partial charge in [-0.2, -0.15) is 0 Å². The molecule has 1 aliphatic rings. The van der Waals surface area contributed by atoms with Gasteiger partial charge in [-0.1, -0.05) is 17.7 Å². The number of nitro benzene ring substituents is 1. The molecule has 8 nitrogen and oxygen atoms in total. The Morgan fingerprint density at radius 2 is 1.83 bits per heavy atom. The Morgan fingerprint density at radius 3 is 2.53 bits per heavy atom. The van der Waals surface area contributed by atoms with E-state index in [0.717, 1.165) is 10.6 Å². The number of furan rings is 1. The molecule has 2 aromatic carbocycles. The number of aryl methyl sites for hydroxylation is 1. The van der Waals surface area contributed by atoms with Crippen LogP contribution in [-0.2, 0) is 9.59 Å². The van der Waals surface area contributed by atoms with E-state index in [2.05, 4.69) is 5.43 Å². The fourth-order valence-corrected chi connectivity index (χ4v) is 3.16. The first-order chi connectivity index (χ1) is 14.3. The number of hydrazine groups is 1. The second-order valence-electron chi connectivity index (χ2n) is 6.57. The van der Waals surface area contributed by atoms with Gasteiger partial charge in [0.05, 0.1) is 10.6 Å². The Bertz CT molecular complexity index is 1210. The molecular formula is C21H14ClN3O5. The van der Waals surface area contributed by atoms with Crippen molar-refractivity contribution < 1.29 is 18.9 Å². The highest BCUT2D eigenvalue weighted by Gasteiger charge is 2.34. The van der Waals surface area contributed by atoms with Crippen molar-refractivity contribution in [3.05, 3.63) is 86.6 Å². The molecule has 1 saturated heterocycles. The minimum atomic E-state index is -0.570. The predicted octanol–water partition coefficient (Wildman–Crippen LogP) is 4.28. The topological polar surface area (TPSA) is 106 Å². The van der Waals surface area contributed by atoms with Crippen LogP contribution in [0.5, 0.6) is 0 Å². The molecule has 4 rings (SSSR count). The molecule has 3 aromatic rings. The molecule has 0 spiro atoms. The summed E-state index contributed by atoms with van der Waals surface area (Å²) < 4.78 is 5.73. The lowest BCUT2D eigenvalue weighted by Crippen LogP contribution is -2.35. The number of nitro groups is 1. The zero-order valence-corrected chi connectivity index (χ0v) is 16.3. The fourth-order valence-electron chi connectivity index (χ4n) is 3.04. The second kappa shape index (κ2) is 7.49. The Kier molecular flexibility index (Phi) is 4.85. The first-order valence-corrected chi connectivity index (χ1v) is 9.19. The van der Waals surface area contributed by atoms with E-state index < -0.39 is 16.7 Å². The van der Waals surface area contributed by atoms with Crippen LogP contribution in [0.4, 0.5) is 11.4 Å². The Labute approximate surface area is 175 Å². The van der Waals surface area contributed by atoms with Crippen LogP contribution in [0.2, 0.25) is 5.02 Å². The van der Waals surface area contributed by atoms with Gasteiger partial charge in [0.2, 0.25) is 0 Å². The Morgan fingerprint density at radius 1 is 1.10 bits per heavy atom. The number of non-ortho nitro benzene ring substituents is 1. The molecule has 1 N–H and O–H groups in total. The first-order valence-electron chi connectivity index (χ1n) is 8.81. The highest BCUT2D eigenvalue weighted by molar-refractivity contribution is 6.32.